The summed E-state index contributed by atoms with van der Waals surface area (Å²) in [5.41, 5.74) is 0. The topological polar surface area (TPSA) is 0 Å². The van der Waals surface area contributed by atoms with Gasteiger partial charge in [0.1, 0.15) is 0 Å². The number of unbranched alkanes of at least 4 members (excludes halogenated alkanes) is 2. The van der Waals surface area contributed by atoms with E-state index in [-0.39, 0.29) is 0 Å². The molecule has 0 bridgehead atoms. The first-order valence-electron chi connectivity index (χ1n) is 3.19. The van der Waals surface area contributed by atoms with Gasteiger partial charge in [-0.3, -0.25) is 0 Å². The van der Waals surface area contributed by atoms with Gasteiger partial charge in [-0.05, 0) is 12.5 Å². The summed E-state index contributed by atoms with van der Waals surface area (Å²) < 4.78 is 0. The minimum absolute atomic E-state index is 0.710. The van der Waals surface area contributed by atoms with Crippen LogP contribution in [0.25, 0.3) is 0 Å². The number of hydrogen-bond donors (Lipinski definition) is 0. The second kappa shape index (κ2) is 5.96. The zero-order valence-corrected chi connectivity index (χ0v) is 9.57. The molecular weight excluding hydrogens is 230 g/mol. The maximum atomic E-state index is 5.65. The van der Waals surface area contributed by atoms with Gasteiger partial charge in [-0.1, -0.05) is 12.8 Å². The molecule has 0 aliphatic rings. The van der Waals surface area contributed by atoms with Gasteiger partial charge in [0.05, 0.1) is 0 Å². The predicted molar refractivity (Wildman–Crippen MR) is 52.7 cm³/mol. The zero-order chi connectivity index (χ0) is 8.04. The number of halogens is 4. The van der Waals surface area contributed by atoms with Crippen LogP contribution < -0.4 is 0 Å². The lowest BCUT2D eigenvalue weighted by atomic mass is 10.3. The number of alkyl halides is 1. The van der Waals surface area contributed by atoms with Crippen LogP contribution in [0, 0.1) is 0 Å². The van der Waals surface area contributed by atoms with E-state index in [0.29, 0.717) is 5.88 Å². The fraction of sp³-hybridized carbons (Fsp3) is 1.00. The van der Waals surface area contributed by atoms with Crippen molar-refractivity contribution in [2.75, 3.05) is 5.88 Å². The minimum atomic E-state index is -2.33. The van der Waals surface area contributed by atoms with Crippen molar-refractivity contribution >= 4 is 50.8 Å². The minimum Gasteiger partial charge on any atom is -0.127 e. The van der Waals surface area contributed by atoms with Crippen molar-refractivity contribution in [3.63, 3.8) is 0 Å². The first kappa shape index (κ1) is 11.4. The monoisotopic (exact) mass is 238 g/mol. The quantitative estimate of drug-likeness (QED) is 0.294. The lowest BCUT2D eigenvalue weighted by Crippen LogP contribution is -2.07. The maximum Gasteiger partial charge on any atom is 0.341 e. The highest BCUT2D eigenvalue weighted by molar-refractivity contribution is 7.64. The molecule has 0 saturated heterocycles. The lowest BCUT2D eigenvalue weighted by molar-refractivity contribution is 0.773. The van der Waals surface area contributed by atoms with Crippen LogP contribution in [0.2, 0.25) is 6.04 Å². The smallest absolute Gasteiger partial charge is 0.127 e. The molecule has 0 spiro atoms. The molecule has 0 aromatic heterocycles. The molecule has 10 heavy (non-hydrogen) atoms. The molecule has 0 N–H and O–H groups in total. The Hall–Kier alpha value is 1.38. The van der Waals surface area contributed by atoms with E-state index in [1.165, 1.54) is 0 Å². The van der Waals surface area contributed by atoms with Crippen molar-refractivity contribution in [1.82, 2.24) is 0 Å². The predicted octanol–water partition coefficient (Wildman–Crippen LogP) is 4.05. The molecule has 0 aliphatic heterocycles. The van der Waals surface area contributed by atoms with Crippen LogP contribution >= 0.6 is 44.8 Å². The third-order valence-corrected chi connectivity index (χ3v) is 3.98. The van der Waals surface area contributed by atoms with Crippen LogP contribution in [0.1, 0.15) is 19.3 Å². The van der Waals surface area contributed by atoms with Crippen molar-refractivity contribution in [2.24, 2.45) is 0 Å². The summed E-state index contributed by atoms with van der Waals surface area (Å²) in [6.45, 7) is 0. The average molecular weight is 240 g/mol. The molecule has 0 aromatic rings. The lowest BCUT2D eigenvalue weighted by Gasteiger charge is -2.05. The van der Waals surface area contributed by atoms with Crippen LogP contribution in [-0.4, -0.2) is 11.9 Å². The molecule has 0 atom stereocenters. The zero-order valence-electron chi connectivity index (χ0n) is 5.55. The van der Waals surface area contributed by atoms with Crippen LogP contribution in [-0.2, 0) is 0 Å². The molecule has 0 nitrogen and oxygen atoms in total. The summed E-state index contributed by atoms with van der Waals surface area (Å²) in [5, 5.41) is 0. The van der Waals surface area contributed by atoms with E-state index in [0.717, 1.165) is 25.3 Å². The molecule has 0 unspecified atom stereocenters. The SMILES string of the molecule is ClCCCCC[Si](Cl)(Cl)Cl. The first-order chi connectivity index (χ1) is 4.56. The Balaban J connectivity index is 3.04. The molecule has 0 heterocycles. The largest absolute Gasteiger partial charge is 0.341 e. The summed E-state index contributed by atoms with van der Waals surface area (Å²) in [5.74, 6) is 0.710. The van der Waals surface area contributed by atoms with Gasteiger partial charge in [-0.15, -0.1) is 44.8 Å². The highest BCUT2D eigenvalue weighted by atomic mass is 35.8. The molecule has 0 rings (SSSR count). The van der Waals surface area contributed by atoms with Gasteiger partial charge in [-0.2, -0.15) is 0 Å². The Morgan fingerprint density at radius 1 is 0.900 bits per heavy atom. The summed E-state index contributed by atoms with van der Waals surface area (Å²) in [7, 11) is 0. The Bertz CT molecular complexity index is 80.2. The molecule has 0 saturated carbocycles. The second-order valence-corrected chi connectivity index (χ2v) is 11.8. The van der Waals surface area contributed by atoms with Gasteiger partial charge in [0.2, 0.25) is 0 Å². The molecule has 5 heteroatoms. The summed E-state index contributed by atoms with van der Waals surface area (Å²) in [6, 6.07) is -1.58. The highest BCUT2D eigenvalue weighted by Gasteiger charge is 2.23. The Kier molecular flexibility index (Phi) is 6.78. The van der Waals surface area contributed by atoms with Crippen molar-refractivity contribution in [2.45, 2.75) is 25.3 Å². The molecule has 0 amide bonds. The van der Waals surface area contributed by atoms with Gasteiger partial charge in [0.25, 0.3) is 0 Å². The van der Waals surface area contributed by atoms with E-state index in [4.69, 9.17) is 44.8 Å². The number of hydrogen-bond acceptors (Lipinski definition) is 0. The molecule has 0 aliphatic carbocycles. The van der Waals surface area contributed by atoms with Gasteiger partial charge >= 0.3 is 6.00 Å². The first-order valence-corrected chi connectivity index (χ1v) is 8.96. The van der Waals surface area contributed by atoms with E-state index in [1.54, 1.807) is 0 Å². The van der Waals surface area contributed by atoms with E-state index in [1.807, 2.05) is 0 Å². The van der Waals surface area contributed by atoms with Crippen LogP contribution in [0.4, 0.5) is 0 Å². The highest BCUT2D eigenvalue weighted by Crippen LogP contribution is 2.27. The third-order valence-electron chi connectivity index (χ3n) is 1.09. The van der Waals surface area contributed by atoms with Gasteiger partial charge in [-0.25, -0.2) is 0 Å². The van der Waals surface area contributed by atoms with Gasteiger partial charge in [0.15, 0.2) is 0 Å². The molecule has 62 valence electrons. The molecule has 0 radical (unpaired) electrons. The summed E-state index contributed by atoms with van der Waals surface area (Å²) in [6.07, 6.45) is 3.09. The van der Waals surface area contributed by atoms with E-state index < -0.39 is 6.00 Å². The Labute approximate surface area is 81.9 Å². The standard InChI is InChI=1S/C5H10Cl4Si/c6-4-2-1-3-5-10(7,8)9/h1-5H2. The normalized spacial score (nSPS) is 12.0. The van der Waals surface area contributed by atoms with Crippen molar-refractivity contribution in [1.29, 1.82) is 0 Å². The van der Waals surface area contributed by atoms with Crippen LogP contribution in [0.5, 0.6) is 0 Å². The van der Waals surface area contributed by atoms with E-state index in [2.05, 4.69) is 0 Å². The van der Waals surface area contributed by atoms with Crippen molar-refractivity contribution in [3.05, 3.63) is 0 Å². The fourth-order valence-corrected chi connectivity index (χ4v) is 2.64. The van der Waals surface area contributed by atoms with Gasteiger partial charge in [0, 0.05) is 5.88 Å². The van der Waals surface area contributed by atoms with Crippen LogP contribution in [0.3, 0.4) is 0 Å². The van der Waals surface area contributed by atoms with E-state index >= 15 is 0 Å². The fourth-order valence-electron chi connectivity index (χ4n) is 0.597. The Morgan fingerprint density at radius 3 is 1.90 bits per heavy atom. The summed E-state index contributed by atoms with van der Waals surface area (Å²) in [4.78, 5) is 0. The maximum absolute atomic E-state index is 5.65. The van der Waals surface area contributed by atoms with Gasteiger partial charge < -0.3 is 0 Å². The Morgan fingerprint density at radius 2 is 1.50 bits per heavy atom. The number of rotatable bonds is 5. The van der Waals surface area contributed by atoms with Crippen LogP contribution in [0.15, 0.2) is 0 Å². The summed E-state index contributed by atoms with van der Waals surface area (Å²) >= 11 is 22.4. The third kappa shape index (κ3) is 9.38. The average Bonchev–Trinajstić information content (AvgIpc) is 1.78. The molecular formula is C5H10Cl4Si. The second-order valence-electron chi connectivity index (χ2n) is 2.11. The molecule has 0 aromatic carbocycles. The van der Waals surface area contributed by atoms with E-state index in [9.17, 15) is 0 Å². The molecule has 0 fully saturated rings. The van der Waals surface area contributed by atoms with Crippen molar-refractivity contribution < 1.29 is 0 Å². The van der Waals surface area contributed by atoms with Crippen molar-refractivity contribution in [3.8, 4) is 0 Å².